The van der Waals surface area contributed by atoms with Crippen LogP contribution < -0.4 is 4.90 Å². The molecule has 0 aromatic heterocycles. The van der Waals surface area contributed by atoms with Crippen molar-refractivity contribution >= 4 is 11.4 Å². The van der Waals surface area contributed by atoms with E-state index in [0.717, 1.165) is 17.8 Å². The van der Waals surface area contributed by atoms with Crippen LogP contribution in [0.1, 0.15) is 18.1 Å². The molecule has 0 aliphatic rings. The van der Waals surface area contributed by atoms with Crippen LogP contribution in [0.15, 0.2) is 48.5 Å². The Morgan fingerprint density at radius 3 is 1.83 bits per heavy atom. The molecular formula is C16H19NO. The number of aliphatic hydroxyl groups is 1. The molecule has 2 heteroatoms. The molecule has 2 nitrogen and oxygen atoms in total. The maximum Gasteiger partial charge on any atom is 0.0681 e. The van der Waals surface area contributed by atoms with Crippen molar-refractivity contribution in [1.82, 2.24) is 0 Å². The molecule has 2 rings (SSSR count). The van der Waals surface area contributed by atoms with E-state index in [9.17, 15) is 0 Å². The molecule has 0 amide bonds. The van der Waals surface area contributed by atoms with E-state index in [2.05, 4.69) is 55.1 Å². The third-order valence-corrected chi connectivity index (χ3v) is 3.09. The normalized spacial score (nSPS) is 10.4. The van der Waals surface area contributed by atoms with Crippen LogP contribution in [0.5, 0.6) is 0 Å². The van der Waals surface area contributed by atoms with Crippen LogP contribution in [0.3, 0.4) is 0 Å². The Labute approximate surface area is 109 Å². The van der Waals surface area contributed by atoms with Crippen LogP contribution in [-0.2, 0) is 6.61 Å². The lowest BCUT2D eigenvalue weighted by Gasteiger charge is -2.23. The average molecular weight is 241 g/mol. The van der Waals surface area contributed by atoms with E-state index < -0.39 is 0 Å². The maximum atomic E-state index is 9.06. The highest BCUT2D eigenvalue weighted by Crippen LogP contribution is 2.25. The molecule has 94 valence electrons. The van der Waals surface area contributed by atoms with Gasteiger partial charge < -0.3 is 10.0 Å². The summed E-state index contributed by atoms with van der Waals surface area (Å²) in [6, 6.07) is 16.6. The number of rotatable bonds is 4. The molecule has 2 aromatic carbocycles. The maximum absolute atomic E-state index is 9.06. The molecule has 0 atom stereocenters. The molecular weight excluding hydrogens is 222 g/mol. The molecule has 0 fully saturated rings. The summed E-state index contributed by atoms with van der Waals surface area (Å²) in [5.41, 5.74) is 4.56. The molecule has 0 heterocycles. The summed E-state index contributed by atoms with van der Waals surface area (Å²) in [5.74, 6) is 0. The topological polar surface area (TPSA) is 23.5 Å². The van der Waals surface area contributed by atoms with E-state index in [1.165, 1.54) is 11.3 Å². The number of aliphatic hydroxyl groups excluding tert-OH is 1. The Hall–Kier alpha value is -1.80. The lowest BCUT2D eigenvalue weighted by Crippen LogP contribution is -2.15. The molecule has 0 aliphatic heterocycles. The smallest absolute Gasteiger partial charge is 0.0681 e. The number of anilines is 2. The fourth-order valence-corrected chi connectivity index (χ4v) is 2.02. The lowest BCUT2D eigenvalue weighted by molar-refractivity contribution is 0.282. The first-order chi connectivity index (χ1) is 8.74. The third kappa shape index (κ3) is 2.71. The van der Waals surface area contributed by atoms with Gasteiger partial charge in [-0.05, 0) is 43.7 Å². The van der Waals surface area contributed by atoms with Crippen LogP contribution in [0.2, 0.25) is 0 Å². The van der Waals surface area contributed by atoms with Gasteiger partial charge in [0.05, 0.1) is 6.61 Å². The fraction of sp³-hybridized carbons (Fsp3) is 0.250. The van der Waals surface area contributed by atoms with Gasteiger partial charge in [0.25, 0.3) is 0 Å². The van der Waals surface area contributed by atoms with Gasteiger partial charge in [0.1, 0.15) is 0 Å². The number of nitrogens with zero attached hydrogens (tertiary/aromatic N) is 1. The fourth-order valence-electron chi connectivity index (χ4n) is 2.02. The Kier molecular flexibility index (Phi) is 4.00. The second kappa shape index (κ2) is 5.69. The van der Waals surface area contributed by atoms with Gasteiger partial charge in [0.15, 0.2) is 0 Å². The first kappa shape index (κ1) is 12.7. The second-order valence-corrected chi connectivity index (χ2v) is 4.40. The van der Waals surface area contributed by atoms with Gasteiger partial charge in [-0.1, -0.05) is 29.8 Å². The van der Waals surface area contributed by atoms with Gasteiger partial charge in [-0.3, -0.25) is 0 Å². The van der Waals surface area contributed by atoms with E-state index in [0.29, 0.717) is 0 Å². The zero-order valence-corrected chi connectivity index (χ0v) is 10.9. The number of benzene rings is 2. The third-order valence-electron chi connectivity index (χ3n) is 3.09. The summed E-state index contributed by atoms with van der Waals surface area (Å²) < 4.78 is 0. The largest absolute Gasteiger partial charge is 0.392 e. The zero-order chi connectivity index (χ0) is 13.0. The van der Waals surface area contributed by atoms with Gasteiger partial charge in [-0.2, -0.15) is 0 Å². The van der Waals surface area contributed by atoms with E-state index in [-0.39, 0.29) is 6.61 Å². The second-order valence-electron chi connectivity index (χ2n) is 4.40. The van der Waals surface area contributed by atoms with Gasteiger partial charge in [-0.15, -0.1) is 0 Å². The lowest BCUT2D eigenvalue weighted by atomic mass is 10.1. The molecule has 0 spiro atoms. The van der Waals surface area contributed by atoms with Crippen LogP contribution in [0.4, 0.5) is 11.4 Å². The van der Waals surface area contributed by atoms with Crippen LogP contribution >= 0.6 is 0 Å². The quantitative estimate of drug-likeness (QED) is 0.883. The van der Waals surface area contributed by atoms with Crippen LogP contribution in [-0.4, -0.2) is 11.7 Å². The summed E-state index contributed by atoms with van der Waals surface area (Å²) >= 11 is 0. The number of hydrogen-bond donors (Lipinski definition) is 1. The monoisotopic (exact) mass is 241 g/mol. The molecule has 2 aromatic rings. The predicted molar refractivity (Wildman–Crippen MR) is 76.2 cm³/mol. The minimum Gasteiger partial charge on any atom is -0.392 e. The van der Waals surface area contributed by atoms with Crippen molar-refractivity contribution in [3.05, 3.63) is 59.7 Å². The Bertz CT molecular complexity index is 488. The summed E-state index contributed by atoms with van der Waals surface area (Å²) in [6.07, 6.45) is 0. The van der Waals surface area contributed by atoms with Crippen molar-refractivity contribution in [3.8, 4) is 0 Å². The van der Waals surface area contributed by atoms with Crippen LogP contribution in [0, 0.1) is 6.92 Å². The van der Waals surface area contributed by atoms with Gasteiger partial charge in [0.2, 0.25) is 0 Å². The molecule has 0 bridgehead atoms. The number of hydrogen-bond acceptors (Lipinski definition) is 2. The minimum absolute atomic E-state index is 0.0942. The van der Waals surface area contributed by atoms with E-state index in [4.69, 9.17) is 5.11 Å². The molecule has 0 saturated carbocycles. The highest BCUT2D eigenvalue weighted by molar-refractivity contribution is 5.63. The van der Waals surface area contributed by atoms with E-state index in [1.807, 2.05) is 12.1 Å². The van der Waals surface area contributed by atoms with Gasteiger partial charge in [0, 0.05) is 17.9 Å². The Morgan fingerprint density at radius 2 is 1.39 bits per heavy atom. The minimum atomic E-state index is 0.0942. The summed E-state index contributed by atoms with van der Waals surface area (Å²) in [5, 5.41) is 9.06. The number of aryl methyl sites for hydroxylation is 1. The standard InChI is InChI=1S/C16H19NO/c1-3-17(15-8-4-13(2)5-9-15)16-10-6-14(12-18)7-11-16/h4-11,18H,3,12H2,1-2H3. The van der Waals surface area contributed by atoms with Crippen molar-refractivity contribution in [2.45, 2.75) is 20.5 Å². The molecule has 18 heavy (non-hydrogen) atoms. The SMILES string of the molecule is CCN(c1ccc(C)cc1)c1ccc(CO)cc1. The van der Waals surface area contributed by atoms with Crippen molar-refractivity contribution < 1.29 is 5.11 Å². The Morgan fingerprint density at radius 1 is 0.889 bits per heavy atom. The summed E-state index contributed by atoms with van der Waals surface area (Å²) in [4.78, 5) is 2.25. The summed E-state index contributed by atoms with van der Waals surface area (Å²) in [7, 11) is 0. The Balaban J connectivity index is 2.29. The van der Waals surface area contributed by atoms with Crippen LogP contribution in [0.25, 0.3) is 0 Å². The van der Waals surface area contributed by atoms with Crippen molar-refractivity contribution in [3.63, 3.8) is 0 Å². The molecule has 0 radical (unpaired) electrons. The highest BCUT2D eigenvalue weighted by atomic mass is 16.3. The first-order valence-corrected chi connectivity index (χ1v) is 6.28. The molecule has 0 aliphatic carbocycles. The zero-order valence-electron chi connectivity index (χ0n) is 10.9. The average Bonchev–Trinajstić information content (AvgIpc) is 2.42. The summed E-state index contributed by atoms with van der Waals surface area (Å²) in [6.45, 7) is 5.24. The first-order valence-electron chi connectivity index (χ1n) is 6.28. The predicted octanol–water partition coefficient (Wildman–Crippen LogP) is 3.65. The van der Waals surface area contributed by atoms with Crippen molar-refractivity contribution in [1.29, 1.82) is 0 Å². The molecule has 0 unspecified atom stereocenters. The van der Waals surface area contributed by atoms with Gasteiger partial charge in [-0.25, -0.2) is 0 Å². The molecule has 1 N–H and O–H groups in total. The van der Waals surface area contributed by atoms with Crippen molar-refractivity contribution in [2.75, 3.05) is 11.4 Å². The molecule has 0 saturated heterocycles. The highest BCUT2D eigenvalue weighted by Gasteiger charge is 2.06. The van der Waals surface area contributed by atoms with E-state index in [1.54, 1.807) is 0 Å². The van der Waals surface area contributed by atoms with Crippen molar-refractivity contribution in [2.24, 2.45) is 0 Å². The van der Waals surface area contributed by atoms with E-state index >= 15 is 0 Å². The van der Waals surface area contributed by atoms with Gasteiger partial charge >= 0.3 is 0 Å².